The molecular weight excluding hydrogens is 297 g/mol. The van der Waals surface area contributed by atoms with Gasteiger partial charge in [0.25, 0.3) is 0 Å². The molecule has 0 aliphatic carbocycles. The number of carbonyl (C=O) groups is 2. The molecule has 0 aliphatic rings. The maximum Gasteiger partial charge on any atom is 0.405 e. The molecule has 0 saturated heterocycles. The van der Waals surface area contributed by atoms with Crippen LogP contribution in [0.4, 0.5) is 18.0 Å². The zero-order valence-electron chi connectivity index (χ0n) is 10.0. The lowest BCUT2D eigenvalue weighted by Gasteiger charge is -2.08. The number of phenols is 1. The molecular formula is C11H11F3N2O3S. The lowest BCUT2D eigenvalue weighted by molar-refractivity contribution is -0.124. The molecule has 0 bridgehead atoms. The Labute approximate surface area is 116 Å². The summed E-state index contributed by atoms with van der Waals surface area (Å²) in [4.78, 5) is 22.9. The first-order chi connectivity index (χ1) is 9.26. The Morgan fingerprint density at radius 3 is 2.35 bits per heavy atom. The number of halogens is 3. The Morgan fingerprint density at radius 2 is 1.80 bits per heavy atom. The Hall–Kier alpha value is -1.90. The number of imide groups is 1. The molecule has 1 aromatic carbocycles. The highest BCUT2D eigenvalue weighted by Gasteiger charge is 2.27. The summed E-state index contributed by atoms with van der Waals surface area (Å²) in [5.41, 5.74) is 0. The number of alkyl halides is 3. The Morgan fingerprint density at radius 1 is 1.20 bits per heavy atom. The second-order valence-corrected chi connectivity index (χ2v) is 4.68. The second kappa shape index (κ2) is 7.04. The molecule has 0 saturated carbocycles. The molecule has 0 aliphatic heterocycles. The van der Waals surface area contributed by atoms with Gasteiger partial charge in [0, 0.05) is 4.90 Å². The van der Waals surface area contributed by atoms with Crippen molar-refractivity contribution in [1.29, 1.82) is 0 Å². The largest absolute Gasteiger partial charge is 0.508 e. The van der Waals surface area contributed by atoms with Crippen LogP contribution in [0.2, 0.25) is 0 Å². The molecule has 0 radical (unpaired) electrons. The summed E-state index contributed by atoms with van der Waals surface area (Å²) in [6.45, 7) is -1.50. The van der Waals surface area contributed by atoms with E-state index in [1.807, 2.05) is 0 Å². The SMILES string of the molecule is O=C(CSc1ccc(O)cc1)NC(=O)NCC(F)(F)F. The van der Waals surface area contributed by atoms with Crippen molar-refractivity contribution in [1.82, 2.24) is 10.6 Å². The number of hydrogen-bond acceptors (Lipinski definition) is 4. The van der Waals surface area contributed by atoms with Crippen molar-refractivity contribution in [3.8, 4) is 5.75 Å². The van der Waals surface area contributed by atoms with Crippen LogP contribution >= 0.6 is 11.8 Å². The fraction of sp³-hybridized carbons (Fsp3) is 0.273. The lowest BCUT2D eigenvalue weighted by atomic mass is 10.3. The molecule has 3 N–H and O–H groups in total. The number of phenolic OH excluding ortho intramolecular Hbond substituents is 1. The third kappa shape index (κ3) is 6.88. The van der Waals surface area contributed by atoms with Gasteiger partial charge >= 0.3 is 12.2 Å². The van der Waals surface area contributed by atoms with Crippen molar-refractivity contribution in [3.05, 3.63) is 24.3 Å². The fourth-order valence-electron chi connectivity index (χ4n) is 1.08. The van der Waals surface area contributed by atoms with E-state index in [9.17, 15) is 22.8 Å². The van der Waals surface area contributed by atoms with Crippen molar-refractivity contribution in [2.75, 3.05) is 12.3 Å². The quantitative estimate of drug-likeness (QED) is 0.742. The van der Waals surface area contributed by atoms with Gasteiger partial charge < -0.3 is 10.4 Å². The van der Waals surface area contributed by atoms with Gasteiger partial charge in [-0.3, -0.25) is 10.1 Å². The number of thioether (sulfide) groups is 1. The van der Waals surface area contributed by atoms with E-state index in [4.69, 9.17) is 5.11 Å². The molecule has 0 heterocycles. The molecule has 0 atom stereocenters. The smallest absolute Gasteiger partial charge is 0.405 e. The minimum Gasteiger partial charge on any atom is -0.508 e. The summed E-state index contributed by atoms with van der Waals surface area (Å²) in [6.07, 6.45) is -4.53. The van der Waals surface area contributed by atoms with Crippen molar-refractivity contribution in [3.63, 3.8) is 0 Å². The topological polar surface area (TPSA) is 78.4 Å². The molecule has 0 spiro atoms. The highest BCUT2D eigenvalue weighted by atomic mass is 32.2. The van der Waals surface area contributed by atoms with E-state index in [1.165, 1.54) is 17.4 Å². The summed E-state index contributed by atoms with van der Waals surface area (Å²) in [7, 11) is 0. The van der Waals surface area contributed by atoms with Gasteiger partial charge in [0.15, 0.2) is 0 Å². The van der Waals surface area contributed by atoms with Crippen LogP contribution < -0.4 is 10.6 Å². The van der Waals surface area contributed by atoms with Gasteiger partial charge in [-0.2, -0.15) is 13.2 Å². The number of hydrogen-bond donors (Lipinski definition) is 3. The molecule has 20 heavy (non-hydrogen) atoms. The van der Waals surface area contributed by atoms with Gasteiger partial charge in [-0.1, -0.05) is 0 Å². The lowest BCUT2D eigenvalue weighted by Crippen LogP contribution is -2.43. The highest BCUT2D eigenvalue weighted by molar-refractivity contribution is 8.00. The van der Waals surface area contributed by atoms with Crippen LogP contribution in [0.15, 0.2) is 29.2 Å². The van der Waals surface area contributed by atoms with Gasteiger partial charge in [0.05, 0.1) is 5.75 Å². The van der Waals surface area contributed by atoms with Crippen LogP contribution in [0.1, 0.15) is 0 Å². The zero-order valence-corrected chi connectivity index (χ0v) is 10.8. The Bertz CT molecular complexity index is 477. The first kappa shape index (κ1) is 16.2. The molecule has 1 rings (SSSR count). The first-order valence-electron chi connectivity index (χ1n) is 5.32. The number of urea groups is 1. The fourth-order valence-corrected chi connectivity index (χ4v) is 1.78. The molecule has 0 aromatic heterocycles. The maximum absolute atomic E-state index is 11.8. The first-order valence-corrected chi connectivity index (χ1v) is 6.31. The molecule has 1 aromatic rings. The molecule has 9 heteroatoms. The molecule has 110 valence electrons. The van der Waals surface area contributed by atoms with Gasteiger partial charge in [-0.25, -0.2) is 4.79 Å². The predicted octanol–water partition coefficient (Wildman–Crippen LogP) is 1.87. The van der Waals surface area contributed by atoms with Crippen LogP contribution in [-0.4, -0.2) is 35.5 Å². The van der Waals surface area contributed by atoms with Gasteiger partial charge in [-0.15, -0.1) is 11.8 Å². The van der Waals surface area contributed by atoms with E-state index in [-0.39, 0.29) is 11.5 Å². The third-order valence-corrected chi connectivity index (χ3v) is 2.92. The van der Waals surface area contributed by atoms with E-state index < -0.39 is 24.7 Å². The summed E-state index contributed by atoms with van der Waals surface area (Å²) in [6, 6.07) is 4.79. The molecule has 3 amide bonds. The van der Waals surface area contributed by atoms with E-state index in [2.05, 4.69) is 0 Å². The number of carbonyl (C=O) groups excluding carboxylic acids is 2. The summed E-state index contributed by atoms with van der Waals surface area (Å²) < 4.78 is 35.4. The Kier molecular flexibility index (Phi) is 5.68. The van der Waals surface area contributed by atoms with Crippen molar-refractivity contribution in [2.45, 2.75) is 11.1 Å². The minimum absolute atomic E-state index is 0.0744. The number of benzene rings is 1. The number of nitrogens with one attached hydrogen (secondary N) is 2. The second-order valence-electron chi connectivity index (χ2n) is 3.63. The van der Waals surface area contributed by atoms with Crippen LogP contribution in [0.3, 0.4) is 0 Å². The summed E-state index contributed by atoms with van der Waals surface area (Å²) in [5.74, 6) is -0.780. The van der Waals surface area contributed by atoms with Crippen molar-refractivity contribution >= 4 is 23.7 Å². The van der Waals surface area contributed by atoms with E-state index in [1.54, 1.807) is 17.4 Å². The number of amides is 3. The summed E-state index contributed by atoms with van der Waals surface area (Å²) in [5, 5.41) is 12.3. The zero-order chi connectivity index (χ0) is 15.2. The van der Waals surface area contributed by atoms with Gasteiger partial charge in [0.1, 0.15) is 12.3 Å². The average molecular weight is 308 g/mol. The van der Waals surface area contributed by atoms with Crippen LogP contribution in [0.5, 0.6) is 5.75 Å². The molecule has 5 nitrogen and oxygen atoms in total. The predicted molar refractivity (Wildman–Crippen MR) is 66.4 cm³/mol. The van der Waals surface area contributed by atoms with Gasteiger partial charge in [-0.05, 0) is 24.3 Å². The van der Waals surface area contributed by atoms with Crippen LogP contribution in [-0.2, 0) is 4.79 Å². The average Bonchev–Trinajstić information content (AvgIpc) is 2.35. The monoisotopic (exact) mass is 308 g/mol. The Balaban J connectivity index is 2.29. The van der Waals surface area contributed by atoms with Crippen LogP contribution in [0.25, 0.3) is 0 Å². The number of rotatable bonds is 4. The molecule has 0 fully saturated rings. The van der Waals surface area contributed by atoms with E-state index >= 15 is 0 Å². The number of aromatic hydroxyl groups is 1. The standard InChI is InChI=1S/C11H11F3N2O3S/c12-11(13,14)6-15-10(19)16-9(18)5-20-8-3-1-7(17)2-4-8/h1-4,17H,5-6H2,(H2,15,16,18,19). The normalized spacial score (nSPS) is 10.9. The summed E-state index contributed by atoms with van der Waals surface area (Å²) >= 11 is 1.08. The van der Waals surface area contributed by atoms with Crippen molar-refractivity contribution in [2.24, 2.45) is 0 Å². The third-order valence-electron chi connectivity index (χ3n) is 1.91. The van der Waals surface area contributed by atoms with Crippen molar-refractivity contribution < 1.29 is 27.9 Å². The maximum atomic E-state index is 11.8. The van der Waals surface area contributed by atoms with E-state index in [0.29, 0.717) is 4.90 Å². The van der Waals surface area contributed by atoms with Crippen LogP contribution in [0, 0.1) is 0 Å². The highest BCUT2D eigenvalue weighted by Crippen LogP contribution is 2.20. The van der Waals surface area contributed by atoms with Gasteiger partial charge in [0.2, 0.25) is 5.91 Å². The molecule has 0 unspecified atom stereocenters. The van der Waals surface area contributed by atoms with E-state index in [0.717, 1.165) is 11.8 Å². The minimum atomic E-state index is -4.53.